The van der Waals surface area contributed by atoms with Gasteiger partial charge in [0.15, 0.2) is 0 Å². The Balaban J connectivity index is 2.92. The molecule has 5 nitrogen and oxygen atoms in total. The van der Waals surface area contributed by atoms with Crippen molar-refractivity contribution in [2.75, 3.05) is 0 Å². The molecule has 0 aliphatic carbocycles. The fourth-order valence-electron chi connectivity index (χ4n) is 0.843. The molecule has 1 rings (SSSR count). The van der Waals surface area contributed by atoms with Crippen LogP contribution in [0.2, 0.25) is 0 Å². The van der Waals surface area contributed by atoms with E-state index in [0.29, 0.717) is 6.54 Å². The number of nitrogens with zero attached hydrogens (tertiary/aromatic N) is 2. The molecule has 2 N–H and O–H groups in total. The van der Waals surface area contributed by atoms with Gasteiger partial charge in [-0.2, -0.15) is 5.10 Å². The van der Waals surface area contributed by atoms with E-state index in [1.54, 1.807) is 4.68 Å². The SMILES string of the molecule is CCCn1cc(S(N)(=O)=O)cn1. The third kappa shape index (κ3) is 2.05. The second kappa shape index (κ2) is 3.24. The maximum Gasteiger partial charge on any atom is 0.241 e. The van der Waals surface area contributed by atoms with Crippen molar-refractivity contribution >= 4 is 10.0 Å². The molecule has 0 saturated carbocycles. The standard InChI is InChI=1S/C6H11N3O2S/c1-2-3-9-5-6(4-8-9)12(7,10)11/h4-5H,2-3H2,1H3,(H2,7,10,11). The van der Waals surface area contributed by atoms with Gasteiger partial charge in [-0.25, -0.2) is 13.6 Å². The van der Waals surface area contributed by atoms with E-state index in [1.165, 1.54) is 12.4 Å². The highest BCUT2D eigenvalue weighted by molar-refractivity contribution is 7.89. The van der Waals surface area contributed by atoms with Crippen molar-refractivity contribution in [1.82, 2.24) is 9.78 Å². The van der Waals surface area contributed by atoms with Crippen LogP contribution in [0.15, 0.2) is 17.3 Å². The van der Waals surface area contributed by atoms with Crippen molar-refractivity contribution in [2.24, 2.45) is 5.14 Å². The Hall–Kier alpha value is -0.880. The maximum absolute atomic E-state index is 10.8. The van der Waals surface area contributed by atoms with Crippen molar-refractivity contribution in [2.45, 2.75) is 24.8 Å². The Labute approximate surface area is 71.2 Å². The summed E-state index contributed by atoms with van der Waals surface area (Å²) in [7, 11) is -3.58. The van der Waals surface area contributed by atoms with Gasteiger partial charge in [-0.3, -0.25) is 4.68 Å². The molecule has 0 radical (unpaired) electrons. The molecule has 0 bridgehead atoms. The molecule has 0 spiro atoms. The number of primary sulfonamides is 1. The van der Waals surface area contributed by atoms with E-state index in [1.807, 2.05) is 6.92 Å². The molecule has 1 heterocycles. The Kier molecular flexibility index (Phi) is 2.49. The van der Waals surface area contributed by atoms with Crippen molar-refractivity contribution < 1.29 is 8.42 Å². The average molecular weight is 189 g/mol. The normalized spacial score (nSPS) is 11.8. The first-order valence-electron chi connectivity index (χ1n) is 3.59. The fraction of sp³-hybridized carbons (Fsp3) is 0.500. The first-order valence-corrected chi connectivity index (χ1v) is 5.14. The molecule has 1 aromatic heterocycles. The van der Waals surface area contributed by atoms with Crippen LogP contribution in [0.3, 0.4) is 0 Å². The molecule has 0 amide bonds. The van der Waals surface area contributed by atoms with Crippen LogP contribution >= 0.6 is 0 Å². The maximum atomic E-state index is 10.8. The lowest BCUT2D eigenvalue weighted by Gasteiger charge is -1.94. The van der Waals surface area contributed by atoms with Gasteiger partial charge < -0.3 is 0 Å². The average Bonchev–Trinajstić information content (AvgIpc) is 2.35. The summed E-state index contributed by atoms with van der Waals surface area (Å²) < 4.78 is 23.1. The molecular formula is C6H11N3O2S. The molecule has 0 aromatic carbocycles. The van der Waals surface area contributed by atoms with Gasteiger partial charge in [0.05, 0.1) is 6.20 Å². The third-order valence-corrected chi connectivity index (χ3v) is 2.26. The minimum atomic E-state index is -3.58. The quantitative estimate of drug-likeness (QED) is 0.723. The highest BCUT2D eigenvalue weighted by Crippen LogP contribution is 2.03. The molecule has 0 unspecified atom stereocenters. The molecule has 12 heavy (non-hydrogen) atoms. The molecule has 68 valence electrons. The van der Waals surface area contributed by atoms with Gasteiger partial charge in [-0.15, -0.1) is 0 Å². The first kappa shape index (κ1) is 9.21. The van der Waals surface area contributed by atoms with Crippen molar-refractivity contribution in [3.8, 4) is 0 Å². The van der Waals surface area contributed by atoms with Gasteiger partial charge in [0.2, 0.25) is 10.0 Å². The zero-order valence-electron chi connectivity index (χ0n) is 6.77. The molecule has 0 saturated heterocycles. The monoisotopic (exact) mass is 189 g/mol. The molecule has 0 atom stereocenters. The summed E-state index contributed by atoms with van der Waals surface area (Å²) in [6, 6.07) is 0. The fourth-order valence-corrected chi connectivity index (χ4v) is 1.31. The Morgan fingerprint density at radius 2 is 2.33 bits per heavy atom. The van der Waals surface area contributed by atoms with Crippen LogP contribution in [-0.2, 0) is 16.6 Å². The predicted molar refractivity (Wildman–Crippen MR) is 43.9 cm³/mol. The minimum absolute atomic E-state index is 0.0657. The molecule has 1 aromatic rings. The number of hydrogen-bond acceptors (Lipinski definition) is 3. The van der Waals surface area contributed by atoms with Crippen LogP contribution in [0, 0.1) is 0 Å². The number of hydrogen-bond donors (Lipinski definition) is 1. The summed E-state index contributed by atoms with van der Waals surface area (Å²) in [6.45, 7) is 2.69. The van der Waals surface area contributed by atoms with Gasteiger partial charge in [-0.1, -0.05) is 6.92 Å². The van der Waals surface area contributed by atoms with Crippen LogP contribution in [0.5, 0.6) is 0 Å². The Morgan fingerprint density at radius 3 is 2.75 bits per heavy atom. The second-order valence-corrected chi connectivity index (χ2v) is 4.05. The summed E-state index contributed by atoms with van der Waals surface area (Å²) in [6.07, 6.45) is 3.59. The first-order chi connectivity index (χ1) is 5.54. The number of sulfonamides is 1. The highest BCUT2D eigenvalue weighted by atomic mass is 32.2. The largest absolute Gasteiger partial charge is 0.271 e. The van der Waals surface area contributed by atoms with Crippen LogP contribution < -0.4 is 5.14 Å². The molecule has 6 heteroatoms. The summed E-state index contributed by atoms with van der Waals surface area (Å²) in [5.74, 6) is 0. The van der Waals surface area contributed by atoms with Gasteiger partial charge in [0.25, 0.3) is 0 Å². The molecular weight excluding hydrogens is 178 g/mol. The van der Waals surface area contributed by atoms with Crippen molar-refractivity contribution in [3.63, 3.8) is 0 Å². The number of aryl methyl sites for hydroxylation is 1. The zero-order chi connectivity index (χ0) is 9.19. The third-order valence-electron chi connectivity index (χ3n) is 1.39. The Bertz CT molecular complexity index is 355. The smallest absolute Gasteiger partial charge is 0.241 e. The minimum Gasteiger partial charge on any atom is -0.271 e. The van der Waals surface area contributed by atoms with E-state index in [2.05, 4.69) is 5.10 Å². The topological polar surface area (TPSA) is 78.0 Å². The van der Waals surface area contributed by atoms with E-state index in [4.69, 9.17) is 5.14 Å². The molecule has 0 aliphatic rings. The van der Waals surface area contributed by atoms with Crippen LogP contribution in [0.1, 0.15) is 13.3 Å². The summed E-state index contributed by atoms with van der Waals surface area (Å²) in [5, 5.41) is 8.72. The van der Waals surface area contributed by atoms with Crippen LogP contribution in [0.4, 0.5) is 0 Å². The van der Waals surface area contributed by atoms with Crippen LogP contribution in [0.25, 0.3) is 0 Å². The molecule has 0 fully saturated rings. The lowest BCUT2D eigenvalue weighted by molar-refractivity contribution is 0.593. The van der Waals surface area contributed by atoms with E-state index >= 15 is 0 Å². The lowest BCUT2D eigenvalue weighted by Crippen LogP contribution is -2.11. The number of rotatable bonds is 3. The van der Waals surface area contributed by atoms with E-state index < -0.39 is 10.0 Å². The Morgan fingerprint density at radius 1 is 1.67 bits per heavy atom. The number of nitrogens with two attached hydrogens (primary N) is 1. The van der Waals surface area contributed by atoms with E-state index in [0.717, 1.165) is 6.42 Å². The summed E-state index contributed by atoms with van der Waals surface area (Å²) >= 11 is 0. The van der Waals surface area contributed by atoms with Crippen molar-refractivity contribution in [3.05, 3.63) is 12.4 Å². The van der Waals surface area contributed by atoms with E-state index in [-0.39, 0.29) is 4.90 Å². The van der Waals surface area contributed by atoms with Gasteiger partial charge in [-0.05, 0) is 6.42 Å². The van der Waals surface area contributed by atoms with E-state index in [9.17, 15) is 8.42 Å². The molecule has 0 aliphatic heterocycles. The van der Waals surface area contributed by atoms with Gasteiger partial charge >= 0.3 is 0 Å². The zero-order valence-corrected chi connectivity index (χ0v) is 7.58. The van der Waals surface area contributed by atoms with Crippen molar-refractivity contribution in [1.29, 1.82) is 0 Å². The lowest BCUT2D eigenvalue weighted by atomic mass is 10.5. The van der Waals surface area contributed by atoms with Gasteiger partial charge in [0, 0.05) is 12.7 Å². The highest BCUT2D eigenvalue weighted by Gasteiger charge is 2.09. The summed E-state index contributed by atoms with van der Waals surface area (Å²) in [5.41, 5.74) is 0. The predicted octanol–water partition coefficient (Wildman–Crippen LogP) is -0.0595. The van der Waals surface area contributed by atoms with Gasteiger partial charge in [0.1, 0.15) is 4.90 Å². The summed E-state index contributed by atoms with van der Waals surface area (Å²) in [4.78, 5) is 0.0657. The number of aromatic nitrogens is 2. The second-order valence-electron chi connectivity index (χ2n) is 2.48. The van der Waals surface area contributed by atoms with Crippen LogP contribution in [-0.4, -0.2) is 18.2 Å².